The number of alkyl halides is 3. The number of benzene rings is 1. The molecule has 0 saturated heterocycles. The summed E-state index contributed by atoms with van der Waals surface area (Å²) in [5.41, 5.74) is -5.38. The Balaban J connectivity index is 2.44. The average molecular weight is 267 g/mol. The van der Waals surface area contributed by atoms with E-state index in [0.29, 0.717) is 0 Å². The van der Waals surface area contributed by atoms with Crippen molar-refractivity contribution < 1.29 is 30.3 Å². The summed E-state index contributed by atoms with van der Waals surface area (Å²) in [6.07, 6.45) is 0. The molecule has 0 bridgehead atoms. The monoisotopic (exact) mass is 267 g/mol. The highest BCUT2D eigenvalue weighted by atomic mass is 32.2. The maximum atomic E-state index is 12.1. The molecule has 5 nitrogen and oxygen atoms in total. The standard InChI is InChI=1S/C8H4F3NO4S/c9-8(10,11)17(13,14)16-7-5-3-1-2-4-6(5)15-12-7/h1-4H. The Morgan fingerprint density at radius 2 is 1.88 bits per heavy atom. The largest absolute Gasteiger partial charge is 0.534 e. The van der Waals surface area contributed by atoms with E-state index >= 15 is 0 Å². The smallest absolute Gasteiger partial charge is 0.352 e. The van der Waals surface area contributed by atoms with Crippen molar-refractivity contribution in [2.45, 2.75) is 5.51 Å². The van der Waals surface area contributed by atoms with Gasteiger partial charge in [0.25, 0.3) is 5.88 Å². The third-order valence-corrected chi connectivity index (χ3v) is 2.76. The molecule has 0 atom stereocenters. The average Bonchev–Trinajstić information content (AvgIpc) is 2.60. The number of rotatable bonds is 2. The van der Waals surface area contributed by atoms with E-state index in [2.05, 4.69) is 13.9 Å². The van der Waals surface area contributed by atoms with Crippen LogP contribution in [0, 0.1) is 0 Å². The molecule has 0 unspecified atom stereocenters. The number of hydrogen-bond acceptors (Lipinski definition) is 5. The summed E-state index contributed by atoms with van der Waals surface area (Å²) >= 11 is 0. The molecule has 0 aliphatic rings. The molecule has 0 aliphatic carbocycles. The second-order valence-corrected chi connectivity index (χ2v) is 4.50. The zero-order valence-corrected chi connectivity index (χ0v) is 8.75. The van der Waals surface area contributed by atoms with Gasteiger partial charge in [-0.15, -0.1) is 0 Å². The lowest BCUT2D eigenvalue weighted by Crippen LogP contribution is -2.28. The normalized spacial score (nSPS) is 12.9. The first-order chi connectivity index (χ1) is 7.81. The highest BCUT2D eigenvalue weighted by Crippen LogP contribution is 2.30. The number of para-hydroxylation sites is 1. The first kappa shape index (κ1) is 11.7. The van der Waals surface area contributed by atoms with E-state index in [1.54, 1.807) is 6.07 Å². The van der Waals surface area contributed by atoms with Crippen LogP contribution < -0.4 is 4.18 Å². The van der Waals surface area contributed by atoms with Gasteiger partial charge in [0.05, 0.1) is 5.39 Å². The lowest BCUT2D eigenvalue weighted by Gasteiger charge is -2.06. The minimum Gasteiger partial charge on any atom is -0.352 e. The zero-order chi connectivity index (χ0) is 12.7. The van der Waals surface area contributed by atoms with Crippen molar-refractivity contribution in [1.82, 2.24) is 5.16 Å². The van der Waals surface area contributed by atoms with Crippen molar-refractivity contribution in [3.8, 4) is 5.88 Å². The number of hydrogen-bond donors (Lipinski definition) is 0. The third-order valence-electron chi connectivity index (χ3n) is 1.82. The van der Waals surface area contributed by atoms with Gasteiger partial charge in [0.1, 0.15) is 0 Å². The molecule has 0 aliphatic heterocycles. The fourth-order valence-corrected chi connectivity index (χ4v) is 1.50. The first-order valence-electron chi connectivity index (χ1n) is 4.16. The van der Waals surface area contributed by atoms with E-state index < -0.39 is 21.5 Å². The van der Waals surface area contributed by atoms with Crippen molar-refractivity contribution >= 4 is 21.1 Å². The van der Waals surface area contributed by atoms with Gasteiger partial charge in [-0.25, -0.2) is 0 Å². The summed E-state index contributed by atoms with van der Waals surface area (Å²) in [5.74, 6) is -0.738. The Hall–Kier alpha value is -1.77. The maximum Gasteiger partial charge on any atom is 0.534 e. The fraction of sp³-hybridized carbons (Fsp3) is 0.125. The van der Waals surface area contributed by atoms with Crippen molar-refractivity contribution in [3.05, 3.63) is 24.3 Å². The Labute approximate surface area is 92.9 Å². The molecule has 0 radical (unpaired) electrons. The Morgan fingerprint density at radius 3 is 2.53 bits per heavy atom. The van der Waals surface area contributed by atoms with Gasteiger partial charge in [0, 0.05) is 0 Å². The molecule has 0 amide bonds. The molecule has 0 fully saturated rings. The van der Waals surface area contributed by atoms with Crippen LogP contribution in [0.2, 0.25) is 0 Å². The zero-order valence-electron chi connectivity index (χ0n) is 7.93. The quantitative estimate of drug-likeness (QED) is 0.615. The van der Waals surface area contributed by atoms with Gasteiger partial charge in [-0.2, -0.15) is 21.6 Å². The van der Waals surface area contributed by atoms with Crippen molar-refractivity contribution in [2.24, 2.45) is 0 Å². The molecule has 2 aromatic rings. The van der Waals surface area contributed by atoms with Crippen LogP contribution >= 0.6 is 0 Å². The van der Waals surface area contributed by atoms with Crippen LogP contribution in [0.4, 0.5) is 13.2 Å². The molecule has 0 saturated carbocycles. The van der Waals surface area contributed by atoms with Gasteiger partial charge in [-0.05, 0) is 17.3 Å². The van der Waals surface area contributed by atoms with Crippen LogP contribution in [0.15, 0.2) is 28.8 Å². The van der Waals surface area contributed by atoms with Crippen LogP contribution in [0.5, 0.6) is 5.88 Å². The van der Waals surface area contributed by atoms with Crippen molar-refractivity contribution in [3.63, 3.8) is 0 Å². The van der Waals surface area contributed by atoms with Gasteiger partial charge in [0.15, 0.2) is 5.58 Å². The summed E-state index contributed by atoms with van der Waals surface area (Å²) in [6, 6.07) is 5.77. The topological polar surface area (TPSA) is 69.4 Å². The second kappa shape index (κ2) is 3.62. The maximum absolute atomic E-state index is 12.1. The minimum absolute atomic E-state index is 0.0420. The van der Waals surface area contributed by atoms with Crippen LogP contribution in [-0.2, 0) is 10.1 Å². The lowest BCUT2D eigenvalue weighted by molar-refractivity contribution is -0.0501. The number of aromatic nitrogens is 1. The number of halogens is 3. The molecule has 17 heavy (non-hydrogen) atoms. The molecule has 1 aromatic carbocycles. The van der Waals surface area contributed by atoms with Crippen LogP contribution in [0.3, 0.4) is 0 Å². The van der Waals surface area contributed by atoms with Crippen LogP contribution in [0.25, 0.3) is 11.0 Å². The Kier molecular flexibility index (Phi) is 2.49. The molecule has 0 N–H and O–H groups in total. The Bertz CT molecular complexity index is 646. The van der Waals surface area contributed by atoms with Gasteiger partial charge in [-0.3, -0.25) is 0 Å². The third kappa shape index (κ3) is 2.05. The van der Waals surface area contributed by atoms with E-state index in [-0.39, 0.29) is 11.0 Å². The van der Waals surface area contributed by atoms with E-state index in [4.69, 9.17) is 0 Å². The van der Waals surface area contributed by atoms with Crippen LogP contribution in [0.1, 0.15) is 0 Å². The lowest BCUT2D eigenvalue weighted by atomic mass is 10.3. The first-order valence-corrected chi connectivity index (χ1v) is 5.57. The highest BCUT2D eigenvalue weighted by Gasteiger charge is 2.49. The predicted molar refractivity (Wildman–Crippen MR) is 49.6 cm³/mol. The summed E-state index contributed by atoms with van der Waals surface area (Å²) in [4.78, 5) is 0. The summed E-state index contributed by atoms with van der Waals surface area (Å²) in [7, 11) is -5.73. The molecule has 9 heteroatoms. The Morgan fingerprint density at radius 1 is 1.24 bits per heavy atom. The number of fused-ring (bicyclic) bond motifs is 1. The molecule has 92 valence electrons. The SMILES string of the molecule is O=S(=O)(Oc1noc2ccccc12)C(F)(F)F. The molecule has 1 heterocycles. The van der Waals surface area contributed by atoms with Gasteiger partial charge >= 0.3 is 15.6 Å². The number of nitrogens with zero attached hydrogens (tertiary/aromatic N) is 1. The minimum atomic E-state index is -5.73. The van der Waals surface area contributed by atoms with Gasteiger partial charge < -0.3 is 8.71 Å². The second-order valence-electron chi connectivity index (χ2n) is 2.97. The van der Waals surface area contributed by atoms with E-state index in [9.17, 15) is 21.6 Å². The highest BCUT2D eigenvalue weighted by molar-refractivity contribution is 7.88. The van der Waals surface area contributed by atoms with Crippen molar-refractivity contribution in [1.29, 1.82) is 0 Å². The van der Waals surface area contributed by atoms with Gasteiger partial charge in [-0.1, -0.05) is 12.1 Å². The van der Waals surface area contributed by atoms with E-state index in [1.807, 2.05) is 0 Å². The molecule has 2 rings (SSSR count). The molecule has 1 aromatic heterocycles. The van der Waals surface area contributed by atoms with E-state index in [0.717, 1.165) is 0 Å². The fourth-order valence-electron chi connectivity index (χ4n) is 1.07. The van der Waals surface area contributed by atoms with E-state index in [1.165, 1.54) is 18.2 Å². The summed E-state index contributed by atoms with van der Waals surface area (Å²) < 4.78 is 66.1. The molecule has 0 spiro atoms. The molecular weight excluding hydrogens is 263 g/mol. The summed E-state index contributed by atoms with van der Waals surface area (Å²) in [6.45, 7) is 0. The predicted octanol–water partition coefficient (Wildman–Crippen LogP) is 2.06. The van der Waals surface area contributed by atoms with Gasteiger partial charge in [0.2, 0.25) is 0 Å². The van der Waals surface area contributed by atoms with Crippen LogP contribution in [-0.4, -0.2) is 19.1 Å². The van der Waals surface area contributed by atoms with Crippen molar-refractivity contribution in [2.75, 3.05) is 0 Å². The molecular formula is C8H4F3NO4S. The summed E-state index contributed by atoms with van der Waals surface area (Å²) in [5, 5.41) is 3.16.